The van der Waals surface area contributed by atoms with Gasteiger partial charge in [0.1, 0.15) is 5.82 Å². The van der Waals surface area contributed by atoms with Crippen molar-refractivity contribution in [1.29, 1.82) is 0 Å². The van der Waals surface area contributed by atoms with Gasteiger partial charge in [0.25, 0.3) is 0 Å². The second kappa shape index (κ2) is 8.24. The Morgan fingerprint density at radius 2 is 2.22 bits per heavy atom. The van der Waals surface area contributed by atoms with Crippen molar-refractivity contribution in [3.8, 4) is 0 Å². The summed E-state index contributed by atoms with van der Waals surface area (Å²) in [5, 5.41) is 6.15. The zero-order valence-electron chi connectivity index (χ0n) is 13.3. The van der Waals surface area contributed by atoms with E-state index in [4.69, 9.17) is 9.47 Å². The van der Waals surface area contributed by atoms with E-state index in [9.17, 15) is 4.79 Å². The number of anilines is 1. The molecule has 7 heteroatoms. The minimum Gasteiger partial charge on any atom is -0.378 e. The summed E-state index contributed by atoms with van der Waals surface area (Å²) in [6.07, 6.45) is 2.20. The molecule has 126 valence electrons. The zero-order chi connectivity index (χ0) is 15.9. The predicted molar refractivity (Wildman–Crippen MR) is 86.3 cm³/mol. The normalized spacial score (nSPS) is 21.9. The highest BCUT2D eigenvalue weighted by molar-refractivity contribution is 5.76. The number of carbonyl (C=O) groups is 1. The molecular formula is C16H24N4O3. The van der Waals surface area contributed by atoms with Crippen LogP contribution in [-0.4, -0.2) is 63.0 Å². The van der Waals surface area contributed by atoms with Crippen LogP contribution in [0.4, 0.5) is 5.82 Å². The average Bonchev–Trinajstić information content (AvgIpc) is 2.62. The number of hydrogen-bond donors (Lipinski definition) is 2. The molecule has 0 aliphatic carbocycles. The third kappa shape index (κ3) is 4.89. The number of carbonyl (C=O) groups excluding carboxylic acids is 1. The maximum absolute atomic E-state index is 11.9. The molecule has 2 aliphatic rings. The molecule has 2 N–H and O–H groups in total. The quantitative estimate of drug-likeness (QED) is 0.790. The number of morpholine rings is 2. The van der Waals surface area contributed by atoms with Crippen molar-refractivity contribution in [2.45, 2.75) is 19.1 Å². The summed E-state index contributed by atoms with van der Waals surface area (Å²) in [7, 11) is 0. The SMILES string of the molecule is O=C(CC1CNCCO1)NCc1ccc(N2CCOCC2)nc1. The Hall–Kier alpha value is -1.70. The van der Waals surface area contributed by atoms with Gasteiger partial charge in [0, 0.05) is 38.9 Å². The third-order valence-electron chi connectivity index (χ3n) is 4.05. The Kier molecular flexibility index (Phi) is 5.79. The van der Waals surface area contributed by atoms with Crippen LogP contribution < -0.4 is 15.5 Å². The molecule has 0 aromatic carbocycles. The van der Waals surface area contributed by atoms with Crippen LogP contribution in [0.25, 0.3) is 0 Å². The standard InChI is InChI=1S/C16H24N4O3/c21-16(9-14-12-17-3-6-23-14)19-11-13-1-2-15(18-10-13)20-4-7-22-8-5-20/h1-2,10,14,17H,3-9,11-12H2,(H,19,21). The number of aromatic nitrogens is 1. The maximum Gasteiger partial charge on any atom is 0.222 e. The highest BCUT2D eigenvalue weighted by atomic mass is 16.5. The molecule has 1 atom stereocenters. The first-order valence-electron chi connectivity index (χ1n) is 8.18. The van der Waals surface area contributed by atoms with Gasteiger partial charge >= 0.3 is 0 Å². The fourth-order valence-corrected chi connectivity index (χ4v) is 2.73. The summed E-state index contributed by atoms with van der Waals surface area (Å²) in [5.74, 6) is 0.973. The van der Waals surface area contributed by atoms with Gasteiger partial charge in [0.2, 0.25) is 5.91 Å². The fraction of sp³-hybridized carbons (Fsp3) is 0.625. The number of nitrogens with zero attached hydrogens (tertiary/aromatic N) is 2. The van der Waals surface area contributed by atoms with Gasteiger partial charge in [0.05, 0.1) is 32.3 Å². The molecule has 2 saturated heterocycles. The van der Waals surface area contributed by atoms with E-state index < -0.39 is 0 Å². The van der Waals surface area contributed by atoms with E-state index in [-0.39, 0.29) is 12.0 Å². The third-order valence-corrected chi connectivity index (χ3v) is 4.05. The van der Waals surface area contributed by atoms with E-state index in [0.29, 0.717) is 19.6 Å². The maximum atomic E-state index is 11.9. The summed E-state index contributed by atoms with van der Waals surface area (Å²) >= 11 is 0. The molecule has 2 fully saturated rings. The lowest BCUT2D eigenvalue weighted by Gasteiger charge is -2.27. The second-order valence-electron chi connectivity index (χ2n) is 5.80. The summed E-state index contributed by atoms with van der Waals surface area (Å²) < 4.78 is 10.9. The minimum absolute atomic E-state index is 0.0101. The Balaban J connectivity index is 1.43. The van der Waals surface area contributed by atoms with E-state index in [1.165, 1.54) is 0 Å². The lowest BCUT2D eigenvalue weighted by molar-refractivity contribution is -0.124. The topological polar surface area (TPSA) is 75.7 Å². The predicted octanol–water partition coefficient (Wildman–Crippen LogP) is -0.0871. The average molecular weight is 320 g/mol. The van der Waals surface area contributed by atoms with E-state index in [1.54, 1.807) is 0 Å². The molecular weight excluding hydrogens is 296 g/mol. The fourth-order valence-electron chi connectivity index (χ4n) is 2.73. The molecule has 1 aromatic heterocycles. The number of pyridine rings is 1. The van der Waals surface area contributed by atoms with Crippen molar-refractivity contribution in [2.75, 3.05) is 50.9 Å². The molecule has 1 unspecified atom stereocenters. The van der Waals surface area contributed by atoms with Crippen LogP contribution in [0.15, 0.2) is 18.3 Å². The van der Waals surface area contributed by atoms with Crippen LogP contribution in [0, 0.1) is 0 Å². The van der Waals surface area contributed by atoms with Crippen molar-refractivity contribution in [2.24, 2.45) is 0 Å². The van der Waals surface area contributed by atoms with Crippen LogP contribution in [-0.2, 0) is 20.8 Å². The molecule has 1 aromatic rings. The zero-order valence-corrected chi connectivity index (χ0v) is 13.3. The van der Waals surface area contributed by atoms with Gasteiger partial charge in [-0.3, -0.25) is 4.79 Å². The number of rotatable bonds is 5. The van der Waals surface area contributed by atoms with E-state index in [0.717, 1.165) is 50.8 Å². The van der Waals surface area contributed by atoms with Crippen molar-refractivity contribution >= 4 is 11.7 Å². The largest absolute Gasteiger partial charge is 0.378 e. The van der Waals surface area contributed by atoms with Gasteiger partial charge < -0.3 is 25.0 Å². The number of hydrogen-bond acceptors (Lipinski definition) is 6. The highest BCUT2D eigenvalue weighted by Gasteiger charge is 2.17. The monoisotopic (exact) mass is 320 g/mol. The number of ether oxygens (including phenoxy) is 2. The van der Waals surface area contributed by atoms with Gasteiger partial charge in [-0.1, -0.05) is 6.07 Å². The van der Waals surface area contributed by atoms with Crippen LogP contribution in [0.2, 0.25) is 0 Å². The molecule has 3 rings (SSSR count). The number of amides is 1. The first kappa shape index (κ1) is 16.2. The number of nitrogens with one attached hydrogen (secondary N) is 2. The van der Waals surface area contributed by atoms with E-state index >= 15 is 0 Å². The Labute approximate surface area is 136 Å². The van der Waals surface area contributed by atoms with Crippen LogP contribution >= 0.6 is 0 Å². The molecule has 1 amide bonds. The van der Waals surface area contributed by atoms with Crippen molar-refractivity contribution in [3.05, 3.63) is 23.9 Å². The molecule has 0 saturated carbocycles. The van der Waals surface area contributed by atoms with Crippen LogP contribution in [0.1, 0.15) is 12.0 Å². The van der Waals surface area contributed by atoms with Gasteiger partial charge in [0.15, 0.2) is 0 Å². The van der Waals surface area contributed by atoms with Gasteiger partial charge in [-0.2, -0.15) is 0 Å². The summed E-state index contributed by atoms with van der Waals surface area (Å²) in [5.41, 5.74) is 0.998. The Bertz CT molecular complexity index is 497. The van der Waals surface area contributed by atoms with E-state index in [2.05, 4.69) is 20.5 Å². The van der Waals surface area contributed by atoms with Crippen LogP contribution in [0.5, 0.6) is 0 Å². The van der Waals surface area contributed by atoms with Gasteiger partial charge in [-0.25, -0.2) is 4.98 Å². The summed E-state index contributed by atoms with van der Waals surface area (Å²) in [6.45, 7) is 6.01. The van der Waals surface area contributed by atoms with E-state index in [1.807, 2.05) is 18.3 Å². The Morgan fingerprint density at radius 1 is 1.35 bits per heavy atom. The van der Waals surface area contributed by atoms with Crippen molar-refractivity contribution < 1.29 is 14.3 Å². The smallest absolute Gasteiger partial charge is 0.222 e. The minimum atomic E-state index is -0.0226. The van der Waals surface area contributed by atoms with Gasteiger partial charge in [-0.15, -0.1) is 0 Å². The molecule has 0 bridgehead atoms. The van der Waals surface area contributed by atoms with Crippen molar-refractivity contribution in [1.82, 2.24) is 15.6 Å². The molecule has 23 heavy (non-hydrogen) atoms. The lowest BCUT2D eigenvalue weighted by Crippen LogP contribution is -2.41. The van der Waals surface area contributed by atoms with Crippen molar-refractivity contribution in [3.63, 3.8) is 0 Å². The molecule has 3 heterocycles. The Morgan fingerprint density at radius 3 is 2.91 bits per heavy atom. The first-order valence-corrected chi connectivity index (χ1v) is 8.18. The summed E-state index contributed by atoms with van der Waals surface area (Å²) in [4.78, 5) is 18.6. The second-order valence-corrected chi connectivity index (χ2v) is 5.80. The van der Waals surface area contributed by atoms with Crippen LogP contribution in [0.3, 0.4) is 0 Å². The lowest BCUT2D eigenvalue weighted by atomic mass is 10.2. The molecule has 7 nitrogen and oxygen atoms in total. The molecule has 0 spiro atoms. The molecule has 0 radical (unpaired) electrons. The highest BCUT2D eigenvalue weighted by Crippen LogP contribution is 2.13. The summed E-state index contributed by atoms with van der Waals surface area (Å²) in [6, 6.07) is 4.01. The first-order chi connectivity index (χ1) is 11.3. The molecule has 2 aliphatic heterocycles. The van der Waals surface area contributed by atoms with Gasteiger partial charge in [-0.05, 0) is 11.6 Å².